The third-order valence-electron chi connectivity index (χ3n) is 4.37. The predicted molar refractivity (Wildman–Crippen MR) is 102 cm³/mol. The van der Waals surface area contributed by atoms with Gasteiger partial charge in [0.1, 0.15) is 17.0 Å². The van der Waals surface area contributed by atoms with Crippen molar-refractivity contribution in [3.63, 3.8) is 0 Å². The Balaban J connectivity index is 1.81. The highest BCUT2D eigenvalue weighted by Gasteiger charge is 2.18. The van der Waals surface area contributed by atoms with Crippen LogP contribution < -0.4 is 10.9 Å². The molecule has 0 fully saturated rings. The van der Waals surface area contributed by atoms with Crippen LogP contribution in [0.3, 0.4) is 0 Å². The third kappa shape index (κ3) is 2.55. The fraction of sp³-hybridized carbons (Fsp3) is 0.105. The van der Waals surface area contributed by atoms with Gasteiger partial charge in [-0.2, -0.15) is 0 Å². The molecule has 0 radical (unpaired) electrons. The first-order valence-electron chi connectivity index (χ1n) is 8.00. The molecule has 0 unspecified atom stereocenters. The number of amides is 1. The number of anilines is 1. The average molecular weight is 367 g/mol. The first kappa shape index (κ1) is 16.4. The minimum Gasteiger partial charge on any atom is -0.324 e. The summed E-state index contributed by atoms with van der Waals surface area (Å²) < 4.78 is 3.08. The minimum atomic E-state index is -0.334. The predicted octanol–water partition coefficient (Wildman–Crippen LogP) is 3.40. The second kappa shape index (κ2) is 6.00. The number of nitrogens with zero attached hydrogens (tertiary/aromatic N) is 3. The summed E-state index contributed by atoms with van der Waals surface area (Å²) in [6, 6.07) is 12.2. The van der Waals surface area contributed by atoms with Crippen LogP contribution in [0.15, 0.2) is 53.5 Å². The van der Waals surface area contributed by atoms with Gasteiger partial charge in [-0.15, -0.1) is 0 Å². The Hall–Kier alpha value is -3.12. The molecule has 0 aliphatic heterocycles. The number of aryl methyl sites for hydroxylation is 2. The zero-order valence-electron chi connectivity index (χ0n) is 14.2. The van der Waals surface area contributed by atoms with E-state index in [1.54, 1.807) is 48.1 Å². The van der Waals surface area contributed by atoms with Crippen molar-refractivity contribution in [1.82, 2.24) is 14.0 Å². The zero-order chi connectivity index (χ0) is 18.4. The molecule has 3 heterocycles. The first-order valence-corrected chi connectivity index (χ1v) is 8.38. The highest BCUT2D eigenvalue weighted by molar-refractivity contribution is 6.31. The highest BCUT2D eigenvalue weighted by atomic mass is 35.5. The maximum Gasteiger partial charge on any atom is 0.272 e. The summed E-state index contributed by atoms with van der Waals surface area (Å²) in [7, 11) is 1.71. The zero-order valence-corrected chi connectivity index (χ0v) is 14.9. The molecule has 1 aromatic carbocycles. The second-order valence-electron chi connectivity index (χ2n) is 6.09. The molecule has 1 amide bonds. The van der Waals surface area contributed by atoms with Gasteiger partial charge in [-0.1, -0.05) is 23.7 Å². The van der Waals surface area contributed by atoms with E-state index in [9.17, 15) is 9.59 Å². The highest BCUT2D eigenvalue weighted by Crippen LogP contribution is 2.21. The third-order valence-corrected chi connectivity index (χ3v) is 4.78. The number of benzene rings is 1. The van der Waals surface area contributed by atoms with Crippen molar-refractivity contribution < 1.29 is 4.79 Å². The number of hydrogen-bond donors (Lipinski definition) is 1. The number of rotatable bonds is 2. The fourth-order valence-corrected chi connectivity index (χ4v) is 3.08. The van der Waals surface area contributed by atoms with E-state index in [1.165, 1.54) is 4.40 Å². The van der Waals surface area contributed by atoms with E-state index in [0.29, 0.717) is 33.1 Å². The molecule has 3 aromatic heterocycles. The SMILES string of the molecule is Cc1ccc(NC(=O)c2cc3c(=O)n4ccccc4nc3n2C)cc1Cl. The number of pyridine rings is 1. The van der Waals surface area contributed by atoms with Crippen LogP contribution in [0.5, 0.6) is 0 Å². The van der Waals surface area contributed by atoms with Gasteiger partial charge in [0.15, 0.2) is 0 Å². The molecule has 0 aliphatic rings. The standard InChI is InChI=1S/C19H15ClN4O2/c1-11-6-7-12(9-14(11)20)21-18(25)15-10-13-17(23(15)2)22-16-5-3-4-8-24(16)19(13)26/h3-10H,1-2H3,(H,21,25). The van der Waals surface area contributed by atoms with E-state index in [0.717, 1.165) is 5.56 Å². The quantitative estimate of drug-likeness (QED) is 0.591. The number of fused-ring (bicyclic) bond motifs is 2. The topological polar surface area (TPSA) is 68.4 Å². The van der Waals surface area contributed by atoms with Gasteiger partial charge in [0, 0.05) is 24.0 Å². The molecule has 0 saturated carbocycles. The Morgan fingerprint density at radius 3 is 2.77 bits per heavy atom. The van der Waals surface area contributed by atoms with Gasteiger partial charge in [0.05, 0.1) is 5.39 Å². The van der Waals surface area contributed by atoms with Crippen LogP contribution in [0.4, 0.5) is 5.69 Å². The summed E-state index contributed by atoms with van der Waals surface area (Å²) in [6.45, 7) is 1.89. The Morgan fingerprint density at radius 2 is 2.00 bits per heavy atom. The summed E-state index contributed by atoms with van der Waals surface area (Å²) in [5, 5.41) is 3.78. The lowest BCUT2D eigenvalue weighted by Gasteiger charge is -2.08. The second-order valence-corrected chi connectivity index (χ2v) is 6.50. The van der Waals surface area contributed by atoms with E-state index in [2.05, 4.69) is 10.3 Å². The minimum absolute atomic E-state index is 0.210. The van der Waals surface area contributed by atoms with Gasteiger partial charge in [0.25, 0.3) is 11.5 Å². The molecular formula is C19H15ClN4O2. The first-order chi connectivity index (χ1) is 12.5. The van der Waals surface area contributed by atoms with Crippen molar-refractivity contribution >= 4 is 39.9 Å². The van der Waals surface area contributed by atoms with E-state index in [4.69, 9.17) is 11.6 Å². The molecule has 0 atom stereocenters. The van der Waals surface area contributed by atoms with Crippen LogP contribution in [-0.4, -0.2) is 19.9 Å². The Morgan fingerprint density at radius 1 is 1.19 bits per heavy atom. The molecular weight excluding hydrogens is 352 g/mol. The van der Waals surface area contributed by atoms with Crippen LogP contribution in [0.25, 0.3) is 16.7 Å². The lowest BCUT2D eigenvalue weighted by Crippen LogP contribution is -2.16. The number of nitrogens with one attached hydrogen (secondary N) is 1. The van der Waals surface area contributed by atoms with Crippen molar-refractivity contribution in [2.24, 2.45) is 7.05 Å². The van der Waals surface area contributed by atoms with Crippen LogP contribution in [0.1, 0.15) is 16.1 Å². The summed E-state index contributed by atoms with van der Waals surface area (Å²) in [5.41, 5.74) is 2.65. The fourth-order valence-electron chi connectivity index (χ4n) is 2.90. The number of hydrogen-bond acceptors (Lipinski definition) is 3. The number of halogens is 1. The van der Waals surface area contributed by atoms with E-state index < -0.39 is 0 Å². The number of carbonyl (C=O) groups excluding carboxylic acids is 1. The van der Waals surface area contributed by atoms with E-state index in [1.807, 2.05) is 19.1 Å². The van der Waals surface area contributed by atoms with Gasteiger partial charge in [0.2, 0.25) is 0 Å². The molecule has 4 rings (SSSR count). The van der Waals surface area contributed by atoms with Crippen LogP contribution >= 0.6 is 11.6 Å². The van der Waals surface area contributed by atoms with Gasteiger partial charge >= 0.3 is 0 Å². The monoisotopic (exact) mass is 366 g/mol. The molecule has 0 saturated heterocycles. The molecule has 0 spiro atoms. The molecule has 6 nitrogen and oxygen atoms in total. The Labute approximate surface area is 153 Å². The average Bonchev–Trinajstić information content (AvgIpc) is 2.96. The number of carbonyl (C=O) groups is 1. The molecule has 1 N–H and O–H groups in total. The lowest BCUT2D eigenvalue weighted by atomic mass is 10.2. The summed E-state index contributed by atoms with van der Waals surface area (Å²) in [4.78, 5) is 29.9. The Bertz CT molecular complexity index is 1240. The molecule has 0 aliphatic carbocycles. The largest absolute Gasteiger partial charge is 0.324 e. The molecule has 7 heteroatoms. The van der Waals surface area contributed by atoms with Crippen molar-refractivity contribution in [2.45, 2.75) is 6.92 Å². The van der Waals surface area contributed by atoms with Gasteiger partial charge in [-0.3, -0.25) is 14.0 Å². The van der Waals surface area contributed by atoms with Crippen molar-refractivity contribution in [1.29, 1.82) is 0 Å². The van der Waals surface area contributed by atoms with Crippen molar-refractivity contribution in [2.75, 3.05) is 5.32 Å². The summed E-state index contributed by atoms with van der Waals surface area (Å²) in [5.74, 6) is -0.334. The van der Waals surface area contributed by atoms with Gasteiger partial charge in [-0.05, 0) is 42.8 Å². The normalized spacial score (nSPS) is 11.2. The van der Waals surface area contributed by atoms with Crippen molar-refractivity contribution in [3.05, 3.63) is 75.3 Å². The summed E-state index contributed by atoms with van der Waals surface area (Å²) in [6.07, 6.45) is 1.66. The Kier molecular flexibility index (Phi) is 3.77. The van der Waals surface area contributed by atoms with E-state index in [-0.39, 0.29) is 11.5 Å². The molecule has 26 heavy (non-hydrogen) atoms. The van der Waals surface area contributed by atoms with E-state index >= 15 is 0 Å². The maximum absolute atomic E-state index is 12.7. The van der Waals surface area contributed by atoms with Gasteiger partial charge < -0.3 is 9.88 Å². The molecule has 130 valence electrons. The molecule has 0 bridgehead atoms. The smallest absolute Gasteiger partial charge is 0.272 e. The summed E-state index contributed by atoms with van der Waals surface area (Å²) >= 11 is 6.11. The van der Waals surface area contributed by atoms with Crippen LogP contribution in [-0.2, 0) is 7.05 Å². The maximum atomic E-state index is 12.7. The van der Waals surface area contributed by atoms with Crippen LogP contribution in [0, 0.1) is 6.92 Å². The van der Waals surface area contributed by atoms with Crippen LogP contribution in [0.2, 0.25) is 5.02 Å². The molecule has 4 aromatic rings. The number of aromatic nitrogens is 3. The van der Waals surface area contributed by atoms with Gasteiger partial charge in [-0.25, -0.2) is 4.98 Å². The van der Waals surface area contributed by atoms with Crippen molar-refractivity contribution in [3.8, 4) is 0 Å². The lowest BCUT2D eigenvalue weighted by molar-refractivity contribution is 0.101.